The molecule has 0 aromatic rings. The number of ether oxygens (including phenoxy) is 1. The molecule has 0 heterocycles. The first-order chi connectivity index (χ1) is 7.38. The Morgan fingerprint density at radius 1 is 1.56 bits per heavy atom. The lowest BCUT2D eigenvalue weighted by Gasteiger charge is -2.36. The number of hydrogen-bond donors (Lipinski definition) is 1. The molecule has 0 saturated heterocycles. The highest BCUT2D eigenvalue weighted by molar-refractivity contribution is 5.80. The van der Waals surface area contributed by atoms with Gasteiger partial charge < -0.3 is 9.84 Å². The molecule has 0 aromatic heterocycles. The standard InChI is InChI=1S/C13H20O3/c1-9-10(5-6-12(14)15)13(2,3)8-7-11(9)16-4/h5-6,11H,7-8H2,1-4H3,(H,14,15). The molecule has 0 bridgehead atoms. The van der Waals surface area contributed by atoms with E-state index in [0.29, 0.717) is 0 Å². The second kappa shape index (κ2) is 4.83. The van der Waals surface area contributed by atoms with E-state index in [2.05, 4.69) is 13.8 Å². The summed E-state index contributed by atoms with van der Waals surface area (Å²) >= 11 is 0. The monoisotopic (exact) mass is 224 g/mol. The van der Waals surface area contributed by atoms with Gasteiger partial charge in [-0.3, -0.25) is 0 Å². The number of allylic oxidation sites excluding steroid dienone is 2. The fourth-order valence-corrected chi connectivity index (χ4v) is 2.36. The second-order valence-electron chi connectivity index (χ2n) is 4.92. The van der Waals surface area contributed by atoms with Crippen molar-refractivity contribution in [3.05, 3.63) is 23.3 Å². The first-order valence-electron chi connectivity index (χ1n) is 5.53. The van der Waals surface area contributed by atoms with Crippen LogP contribution in [0.15, 0.2) is 23.3 Å². The summed E-state index contributed by atoms with van der Waals surface area (Å²) in [6.45, 7) is 6.31. The third-order valence-corrected chi connectivity index (χ3v) is 3.35. The quantitative estimate of drug-likeness (QED) is 0.750. The first kappa shape index (κ1) is 13.0. The lowest BCUT2D eigenvalue weighted by molar-refractivity contribution is -0.131. The number of aliphatic carboxylic acids is 1. The summed E-state index contributed by atoms with van der Waals surface area (Å²) in [4.78, 5) is 10.6. The van der Waals surface area contributed by atoms with Gasteiger partial charge in [0.05, 0.1) is 6.10 Å². The molecule has 1 unspecified atom stereocenters. The molecular formula is C13H20O3. The van der Waals surface area contributed by atoms with E-state index in [0.717, 1.165) is 24.0 Å². The molecule has 0 aromatic carbocycles. The molecule has 0 amide bonds. The maximum atomic E-state index is 10.6. The van der Waals surface area contributed by atoms with Gasteiger partial charge in [-0.25, -0.2) is 4.79 Å². The van der Waals surface area contributed by atoms with Crippen LogP contribution < -0.4 is 0 Å². The number of hydrogen-bond acceptors (Lipinski definition) is 2. The number of methoxy groups -OCH3 is 1. The molecule has 16 heavy (non-hydrogen) atoms. The van der Waals surface area contributed by atoms with Gasteiger partial charge in [0.25, 0.3) is 0 Å². The highest BCUT2D eigenvalue weighted by Gasteiger charge is 2.31. The minimum Gasteiger partial charge on any atom is -0.478 e. The van der Waals surface area contributed by atoms with Crippen molar-refractivity contribution in [1.29, 1.82) is 0 Å². The summed E-state index contributed by atoms with van der Waals surface area (Å²) < 4.78 is 5.39. The van der Waals surface area contributed by atoms with E-state index in [1.165, 1.54) is 6.08 Å². The smallest absolute Gasteiger partial charge is 0.328 e. The van der Waals surface area contributed by atoms with Crippen LogP contribution in [0.5, 0.6) is 0 Å². The predicted octanol–water partition coefficient (Wildman–Crippen LogP) is 2.78. The van der Waals surface area contributed by atoms with Gasteiger partial charge >= 0.3 is 5.97 Å². The molecule has 1 rings (SSSR count). The zero-order chi connectivity index (χ0) is 12.3. The maximum absolute atomic E-state index is 10.6. The Balaban J connectivity index is 3.08. The Kier molecular flexibility index (Phi) is 3.92. The lowest BCUT2D eigenvalue weighted by Crippen LogP contribution is -2.28. The third-order valence-electron chi connectivity index (χ3n) is 3.35. The second-order valence-corrected chi connectivity index (χ2v) is 4.92. The van der Waals surface area contributed by atoms with Gasteiger partial charge in [-0.05, 0) is 36.3 Å². The van der Waals surface area contributed by atoms with Crippen LogP contribution in [0.3, 0.4) is 0 Å². The summed E-state index contributed by atoms with van der Waals surface area (Å²) in [5, 5.41) is 8.68. The van der Waals surface area contributed by atoms with Crippen LogP contribution in [0.25, 0.3) is 0 Å². The SMILES string of the molecule is COC1CCC(C)(C)C(C=CC(=O)O)=C1C. The molecule has 0 radical (unpaired) electrons. The summed E-state index contributed by atoms with van der Waals surface area (Å²) in [6, 6.07) is 0. The van der Waals surface area contributed by atoms with Crippen LogP contribution in [-0.4, -0.2) is 24.3 Å². The molecule has 1 atom stereocenters. The maximum Gasteiger partial charge on any atom is 0.328 e. The fourth-order valence-electron chi connectivity index (χ4n) is 2.36. The molecule has 0 aliphatic heterocycles. The van der Waals surface area contributed by atoms with E-state index in [1.54, 1.807) is 13.2 Å². The van der Waals surface area contributed by atoms with Crippen LogP contribution in [0.1, 0.15) is 33.6 Å². The largest absolute Gasteiger partial charge is 0.478 e. The van der Waals surface area contributed by atoms with Gasteiger partial charge in [-0.1, -0.05) is 19.9 Å². The molecule has 0 fully saturated rings. The zero-order valence-electron chi connectivity index (χ0n) is 10.4. The highest BCUT2D eigenvalue weighted by Crippen LogP contribution is 2.41. The van der Waals surface area contributed by atoms with Crippen molar-refractivity contribution < 1.29 is 14.6 Å². The van der Waals surface area contributed by atoms with E-state index < -0.39 is 5.97 Å². The van der Waals surface area contributed by atoms with Crippen molar-refractivity contribution in [1.82, 2.24) is 0 Å². The summed E-state index contributed by atoms with van der Waals surface area (Å²) in [5.74, 6) is -0.907. The molecule has 3 heteroatoms. The van der Waals surface area contributed by atoms with Gasteiger partial charge in [-0.15, -0.1) is 0 Å². The molecule has 1 N–H and O–H groups in total. The number of carboxylic acids is 1. The van der Waals surface area contributed by atoms with Crippen LogP contribution in [0.2, 0.25) is 0 Å². The van der Waals surface area contributed by atoms with E-state index in [9.17, 15) is 4.79 Å². The van der Waals surface area contributed by atoms with Crippen molar-refractivity contribution in [2.24, 2.45) is 5.41 Å². The van der Waals surface area contributed by atoms with Gasteiger partial charge in [0.2, 0.25) is 0 Å². The van der Waals surface area contributed by atoms with Crippen molar-refractivity contribution >= 4 is 5.97 Å². The van der Waals surface area contributed by atoms with Gasteiger partial charge in [0, 0.05) is 13.2 Å². The van der Waals surface area contributed by atoms with Crippen molar-refractivity contribution in [2.45, 2.75) is 39.7 Å². The Labute approximate surface area is 96.8 Å². The topological polar surface area (TPSA) is 46.5 Å². The summed E-state index contributed by atoms with van der Waals surface area (Å²) in [5.41, 5.74) is 2.27. The van der Waals surface area contributed by atoms with Crippen LogP contribution >= 0.6 is 0 Å². The molecule has 0 spiro atoms. The summed E-state index contributed by atoms with van der Waals surface area (Å²) in [7, 11) is 1.70. The van der Waals surface area contributed by atoms with E-state index >= 15 is 0 Å². The number of carbonyl (C=O) groups is 1. The normalized spacial score (nSPS) is 25.1. The predicted molar refractivity (Wildman–Crippen MR) is 63.3 cm³/mol. The molecule has 0 saturated carbocycles. The van der Waals surface area contributed by atoms with E-state index in [4.69, 9.17) is 9.84 Å². The van der Waals surface area contributed by atoms with Crippen molar-refractivity contribution in [3.63, 3.8) is 0 Å². The highest BCUT2D eigenvalue weighted by atomic mass is 16.5. The Morgan fingerprint density at radius 2 is 2.19 bits per heavy atom. The Hall–Kier alpha value is -1.09. The van der Waals surface area contributed by atoms with Gasteiger partial charge in [-0.2, -0.15) is 0 Å². The minimum atomic E-state index is -0.907. The number of carboxylic acid groups (broad SMARTS) is 1. The minimum absolute atomic E-state index is 0.0328. The van der Waals surface area contributed by atoms with Crippen molar-refractivity contribution in [2.75, 3.05) is 7.11 Å². The molecule has 3 nitrogen and oxygen atoms in total. The molecule has 1 aliphatic carbocycles. The van der Waals surface area contributed by atoms with Gasteiger partial charge in [0.15, 0.2) is 0 Å². The fraction of sp³-hybridized carbons (Fsp3) is 0.615. The first-order valence-corrected chi connectivity index (χ1v) is 5.53. The Bertz CT molecular complexity index is 337. The van der Waals surface area contributed by atoms with Crippen LogP contribution in [0, 0.1) is 5.41 Å². The molecule has 1 aliphatic rings. The Morgan fingerprint density at radius 3 is 2.69 bits per heavy atom. The lowest BCUT2D eigenvalue weighted by atomic mass is 9.71. The third kappa shape index (κ3) is 2.73. The summed E-state index contributed by atoms with van der Waals surface area (Å²) in [6.07, 6.45) is 5.06. The molecular weight excluding hydrogens is 204 g/mol. The van der Waals surface area contributed by atoms with Crippen LogP contribution in [-0.2, 0) is 9.53 Å². The average molecular weight is 224 g/mol. The van der Waals surface area contributed by atoms with E-state index in [1.807, 2.05) is 6.92 Å². The van der Waals surface area contributed by atoms with Crippen molar-refractivity contribution in [3.8, 4) is 0 Å². The zero-order valence-corrected chi connectivity index (χ0v) is 10.4. The molecule has 90 valence electrons. The van der Waals surface area contributed by atoms with Gasteiger partial charge in [0.1, 0.15) is 0 Å². The van der Waals surface area contributed by atoms with E-state index in [-0.39, 0.29) is 11.5 Å². The average Bonchev–Trinajstić information content (AvgIpc) is 2.16. The van der Waals surface area contributed by atoms with Crippen LogP contribution in [0.4, 0.5) is 0 Å². The number of rotatable bonds is 3.